The van der Waals surface area contributed by atoms with Crippen molar-refractivity contribution in [2.75, 3.05) is 18.6 Å². The Morgan fingerprint density at radius 2 is 2.11 bits per heavy atom. The maximum Gasteiger partial charge on any atom is 0.250 e. The van der Waals surface area contributed by atoms with E-state index in [-0.39, 0.29) is 17.4 Å². The van der Waals surface area contributed by atoms with Crippen LogP contribution in [-0.2, 0) is 16.4 Å². The van der Waals surface area contributed by atoms with Gasteiger partial charge in [-0.25, -0.2) is 8.42 Å². The largest absolute Gasteiger partial charge is 0.315 e. The summed E-state index contributed by atoms with van der Waals surface area (Å²) in [5.74, 6) is 0.137. The molecule has 0 spiro atoms. The zero-order valence-corrected chi connectivity index (χ0v) is 11.6. The predicted octanol–water partition coefficient (Wildman–Crippen LogP) is 0.261. The number of nitrogens with zero attached hydrogens (tertiary/aromatic N) is 1. The van der Waals surface area contributed by atoms with Crippen LogP contribution in [0.1, 0.15) is 13.3 Å². The molecule has 0 aliphatic carbocycles. The van der Waals surface area contributed by atoms with E-state index in [4.69, 9.17) is 0 Å². The number of aromatic nitrogens is 1. The summed E-state index contributed by atoms with van der Waals surface area (Å²) in [4.78, 5) is 11.4. The lowest BCUT2D eigenvalue weighted by atomic mass is 10.3. The SMILES string of the molecule is C[C@H](CS(C)(=O)=O)NCCCn1ccccc1=O. The van der Waals surface area contributed by atoms with Crippen LogP contribution in [0.5, 0.6) is 0 Å². The van der Waals surface area contributed by atoms with Crippen LogP contribution in [-0.4, -0.2) is 37.6 Å². The number of rotatable bonds is 7. The van der Waals surface area contributed by atoms with Gasteiger partial charge in [0.05, 0.1) is 5.75 Å². The molecule has 6 heteroatoms. The van der Waals surface area contributed by atoms with E-state index in [9.17, 15) is 13.2 Å². The molecule has 1 N–H and O–H groups in total. The fourth-order valence-electron chi connectivity index (χ4n) is 1.76. The van der Waals surface area contributed by atoms with Crippen molar-refractivity contribution in [1.82, 2.24) is 9.88 Å². The number of aryl methyl sites for hydroxylation is 1. The number of hydrogen-bond acceptors (Lipinski definition) is 4. The Bertz CT molecular complexity index is 522. The van der Waals surface area contributed by atoms with Gasteiger partial charge in [0.25, 0.3) is 0 Å². The molecule has 1 aromatic heterocycles. The average Bonchev–Trinajstić information content (AvgIpc) is 2.24. The summed E-state index contributed by atoms with van der Waals surface area (Å²) in [5.41, 5.74) is -0.0123. The number of nitrogens with one attached hydrogen (secondary N) is 1. The van der Waals surface area contributed by atoms with E-state index in [1.807, 2.05) is 13.0 Å². The molecule has 0 radical (unpaired) electrons. The fraction of sp³-hybridized carbons (Fsp3) is 0.583. The first-order valence-corrected chi connectivity index (χ1v) is 8.01. The van der Waals surface area contributed by atoms with Crippen LogP contribution in [0, 0.1) is 0 Å². The second kappa shape index (κ2) is 6.70. The minimum Gasteiger partial charge on any atom is -0.315 e. The smallest absolute Gasteiger partial charge is 0.250 e. The maximum atomic E-state index is 11.4. The molecule has 0 fully saturated rings. The molecular formula is C12H20N2O3S. The summed E-state index contributed by atoms with van der Waals surface area (Å²) in [7, 11) is -2.94. The van der Waals surface area contributed by atoms with Gasteiger partial charge in [0.15, 0.2) is 0 Å². The second-order valence-electron chi connectivity index (χ2n) is 4.53. The first-order valence-electron chi connectivity index (χ1n) is 5.95. The molecule has 1 heterocycles. The Morgan fingerprint density at radius 1 is 1.39 bits per heavy atom. The van der Waals surface area contributed by atoms with Gasteiger partial charge in [0, 0.05) is 31.1 Å². The molecule has 0 aliphatic heterocycles. The molecule has 1 rings (SSSR count). The van der Waals surface area contributed by atoms with Gasteiger partial charge in [-0.2, -0.15) is 0 Å². The summed E-state index contributed by atoms with van der Waals surface area (Å²) in [5, 5.41) is 3.13. The van der Waals surface area contributed by atoms with E-state index < -0.39 is 9.84 Å². The van der Waals surface area contributed by atoms with Crippen LogP contribution in [0.15, 0.2) is 29.2 Å². The number of sulfone groups is 1. The molecule has 102 valence electrons. The molecule has 1 aromatic rings. The van der Waals surface area contributed by atoms with Crippen molar-refractivity contribution in [2.24, 2.45) is 0 Å². The molecule has 0 unspecified atom stereocenters. The van der Waals surface area contributed by atoms with Gasteiger partial charge in [-0.1, -0.05) is 6.07 Å². The Balaban J connectivity index is 2.27. The fourth-order valence-corrected chi connectivity index (χ4v) is 2.78. The van der Waals surface area contributed by atoms with Crippen LogP contribution in [0.4, 0.5) is 0 Å². The van der Waals surface area contributed by atoms with Gasteiger partial charge in [0.1, 0.15) is 9.84 Å². The molecule has 0 aliphatic rings. The minimum absolute atomic E-state index is 0.0123. The Hall–Kier alpha value is -1.14. The van der Waals surface area contributed by atoms with Crippen LogP contribution in [0.3, 0.4) is 0 Å². The number of pyridine rings is 1. The predicted molar refractivity (Wildman–Crippen MR) is 72.5 cm³/mol. The van der Waals surface area contributed by atoms with Crippen molar-refractivity contribution >= 4 is 9.84 Å². The molecule has 0 saturated carbocycles. The normalized spacial score (nSPS) is 13.4. The van der Waals surface area contributed by atoms with E-state index in [0.29, 0.717) is 13.1 Å². The van der Waals surface area contributed by atoms with Gasteiger partial charge >= 0.3 is 0 Å². The van der Waals surface area contributed by atoms with Gasteiger partial charge in [-0.3, -0.25) is 4.79 Å². The van der Waals surface area contributed by atoms with Crippen LogP contribution < -0.4 is 10.9 Å². The van der Waals surface area contributed by atoms with E-state index in [1.165, 1.54) is 12.3 Å². The highest BCUT2D eigenvalue weighted by Gasteiger charge is 2.09. The molecule has 1 atom stereocenters. The lowest BCUT2D eigenvalue weighted by Gasteiger charge is -2.12. The van der Waals surface area contributed by atoms with E-state index in [2.05, 4.69) is 5.32 Å². The molecule has 0 saturated heterocycles. The topological polar surface area (TPSA) is 68.2 Å². The maximum absolute atomic E-state index is 11.4. The third-order valence-corrected chi connectivity index (χ3v) is 3.63. The lowest BCUT2D eigenvalue weighted by molar-refractivity contribution is 0.523. The zero-order valence-electron chi connectivity index (χ0n) is 10.8. The first-order chi connectivity index (χ1) is 8.38. The summed E-state index contributed by atoms with van der Waals surface area (Å²) < 4.78 is 23.8. The van der Waals surface area contributed by atoms with Crippen molar-refractivity contribution in [3.8, 4) is 0 Å². The zero-order chi connectivity index (χ0) is 13.6. The molecule has 18 heavy (non-hydrogen) atoms. The Kier molecular flexibility index (Phi) is 5.55. The summed E-state index contributed by atoms with van der Waals surface area (Å²) in [6, 6.07) is 5.00. The second-order valence-corrected chi connectivity index (χ2v) is 6.72. The summed E-state index contributed by atoms with van der Waals surface area (Å²) in [6.45, 7) is 3.17. The van der Waals surface area contributed by atoms with Gasteiger partial charge in [0.2, 0.25) is 5.56 Å². The van der Waals surface area contributed by atoms with Crippen molar-refractivity contribution in [2.45, 2.75) is 25.9 Å². The lowest BCUT2D eigenvalue weighted by Crippen LogP contribution is -2.34. The van der Waals surface area contributed by atoms with Crippen molar-refractivity contribution in [1.29, 1.82) is 0 Å². The Labute approximate surface area is 108 Å². The standard InChI is InChI=1S/C12H20N2O3S/c1-11(10-18(2,16)17)13-7-5-9-14-8-4-3-6-12(14)15/h3-4,6,8,11,13H,5,7,9-10H2,1-2H3/t11-/m1/s1. The molecular weight excluding hydrogens is 252 g/mol. The third kappa shape index (κ3) is 5.97. The van der Waals surface area contributed by atoms with E-state index >= 15 is 0 Å². The van der Waals surface area contributed by atoms with Crippen molar-refractivity contribution in [3.05, 3.63) is 34.7 Å². The van der Waals surface area contributed by atoms with Gasteiger partial charge in [-0.15, -0.1) is 0 Å². The van der Waals surface area contributed by atoms with E-state index in [0.717, 1.165) is 6.42 Å². The third-order valence-electron chi connectivity index (χ3n) is 2.52. The Morgan fingerprint density at radius 3 is 2.72 bits per heavy atom. The van der Waals surface area contributed by atoms with Gasteiger partial charge in [-0.05, 0) is 26.0 Å². The van der Waals surface area contributed by atoms with Crippen molar-refractivity contribution < 1.29 is 8.42 Å². The van der Waals surface area contributed by atoms with Crippen LogP contribution in [0.2, 0.25) is 0 Å². The quantitative estimate of drug-likeness (QED) is 0.723. The first kappa shape index (κ1) is 14.9. The van der Waals surface area contributed by atoms with Crippen LogP contribution >= 0.6 is 0 Å². The molecule has 5 nitrogen and oxygen atoms in total. The van der Waals surface area contributed by atoms with Crippen molar-refractivity contribution in [3.63, 3.8) is 0 Å². The molecule has 0 aromatic carbocycles. The van der Waals surface area contributed by atoms with E-state index in [1.54, 1.807) is 16.8 Å². The minimum atomic E-state index is -2.94. The van der Waals surface area contributed by atoms with Crippen LogP contribution in [0.25, 0.3) is 0 Å². The highest BCUT2D eigenvalue weighted by Crippen LogP contribution is 1.92. The summed E-state index contributed by atoms with van der Waals surface area (Å²) >= 11 is 0. The highest BCUT2D eigenvalue weighted by molar-refractivity contribution is 7.90. The monoisotopic (exact) mass is 272 g/mol. The molecule has 0 amide bonds. The number of hydrogen-bond donors (Lipinski definition) is 1. The molecule has 0 bridgehead atoms. The summed E-state index contributed by atoms with van der Waals surface area (Å²) in [6.07, 6.45) is 3.77. The van der Waals surface area contributed by atoms with Gasteiger partial charge < -0.3 is 9.88 Å². The average molecular weight is 272 g/mol. The highest BCUT2D eigenvalue weighted by atomic mass is 32.2.